The van der Waals surface area contributed by atoms with Gasteiger partial charge in [0.1, 0.15) is 42.3 Å². The Labute approximate surface area is 273 Å². The average molecular weight is 690 g/mol. The summed E-state index contributed by atoms with van der Waals surface area (Å²) < 4.78 is 0. The first-order chi connectivity index (χ1) is 22.3. The summed E-state index contributed by atoms with van der Waals surface area (Å²) in [7, 11) is 0. The number of likely N-dealkylation sites (tertiary alicyclic amines) is 1. The lowest BCUT2D eigenvalue weighted by Gasteiger charge is -2.29. The minimum Gasteiger partial charge on any atom is -0.481 e. The molecule has 21 nitrogen and oxygen atoms in total. The number of hydrogen-bond donors (Lipinski definition) is 11. The number of aliphatic carboxylic acids is 3. The quantitative estimate of drug-likeness (QED) is 0.0603. The first-order valence-corrected chi connectivity index (χ1v) is 14.8. The van der Waals surface area contributed by atoms with Gasteiger partial charge in [-0.15, -0.1) is 0 Å². The molecule has 0 aromatic carbocycles. The first-order valence-electron chi connectivity index (χ1n) is 14.8. The molecule has 0 aromatic rings. The van der Waals surface area contributed by atoms with E-state index in [4.69, 9.17) is 21.1 Å². The van der Waals surface area contributed by atoms with Gasteiger partial charge in [-0.25, -0.2) is 4.79 Å². The maximum absolute atomic E-state index is 13.3. The first kappa shape index (κ1) is 41.1. The monoisotopic (exact) mass is 689 g/mol. The Balaban J connectivity index is 2.95. The fourth-order valence-electron chi connectivity index (χ4n) is 4.46. The second-order valence-corrected chi connectivity index (χ2v) is 11.2. The van der Waals surface area contributed by atoms with Crippen LogP contribution in [0.25, 0.3) is 0 Å². The topological polar surface area (TPSA) is 344 Å². The Hall–Kier alpha value is -4.89. The van der Waals surface area contributed by atoms with Gasteiger partial charge in [0.05, 0.1) is 19.1 Å². The van der Waals surface area contributed by atoms with Crippen LogP contribution in [0.4, 0.5) is 0 Å². The van der Waals surface area contributed by atoms with Gasteiger partial charge in [0, 0.05) is 13.0 Å². The van der Waals surface area contributed by atoms with Crippen molar-refractivity contribution in [2.24, 2.45) is 5.73 Å². The Morgan fingerprint density at radius 3 is 1.83 bits per heavy atom. The highest BCUT2D eigenvalue weighted by molar-refractivity contribution is 5.97. The van der Waals surface area contributed by atoms with Gasteiger partial charge < -0.3 is 62.8 Å². The van der Waals surface area contributed by atoms with E-state index in [2.05, 4.69) is 21.3 Å². The van der Waals surface area contributed by atoms with E-state index in [-0.39, 0.29) is 13.0 Å². The molecule has 1 fully saturated rings. The van der Waals surface area contributed by atoms with Crippen LogP contribution < -0.4 is 32.3 Å². The van der Waals surface area contributed by atoms with Gasteiger partial charge >= 0.3 is 17.9 Å². The minimum atomic E-state index is -1.85. The molecule has 21 heteroatoms. The molecule has 0 spiro atoms. The molecule has 1 rings (SSSR count). The number of nitrogens with two attached hydrogens (primary N) is 1. The smallest absolute Gasteiger partial charge is 0.326 e. The summed E-state index contributed by atoms with van der Waals surface area (Å²) in [5, 5.41) is 57.2. The molecule has 1 heterocycles. The molecule has 1 saturated heterocycles. The lowest BCUT2D eigenvalue weighted by atomic mass is 10.1. The molecular weight excluding hydrogens is 646 g/mol. The van der Waals surface area contributed by atoms with Crippen molar-refractivity contribution in [2.75, 3.05) is 13.2 Å². The Bertz CT molecular complexity index is 1250. The molecule has 0 aromatic heterocycles. The summed E-state index contributed by atoms with van der Waals surface area (Å²) in [4.78, 5) is 111. The van der Waals surface area contributed by atoms with E-state index in [1.54, 1.807) is 0 Å². The molecule has 6 amide bonds. The largest absolute Gasteiger partial charge is 0.481 e. The minimum absolute atomic E-state index is 0.0395. The Kier molecular flexibility index (Phi) is 16.3. The standard InChI is InChI=1S/C27H43N7O14/c1-11(29-25(45)20(28)13(3)36)21(41)31-14(6-7-18(37)38)22(42)30-12(2)26(46)34-8-4-5-17(34)24(44)33-16(10-35)23(43)32-15(27(47)48)9-19(39)40/h11-17,20,35-36H,4-10,28H2,1-3H3,(H,29,45)(H,30,42)(H,31,41)(H,32,43)(H,33,44)(H,37,38)(H,39,40)(H,47,48). The number of nitrogens with zero attached hydrogens (tertiary/aromatic N) is 1. The van der Waals surface area contributed by atoms with Crippen LogP contribution in [0.2, 0.25) is 0 Å². The zero-order valence-electron chi connectivity index (χ0n) is 26.5. The highest BCUT2D eigenvalue weighted by Gasteiger charge is 2.39. The van der Waals surface area contributed by atoms with E-state index in [9.17, 15) is 53.4 Å². The van der Waals surface area contributed by atoms with Gasteiger partial charge in [-0.05, 0) is 40.0 Å². The number of hydrogen-bond acceptors (Lipinski definition) is 12. The molecule has 1 aliphatic heterocycles. The number of carbonyl (C=O) groups excluding carboxylic acids is 6. The lowest BCUT2D eigenvalue weighted by Crippen LogP contribution is -2.59. The van der Waals surface area contributed by atoms with Crippen LogP contribution in [-0.4, -0.2) is 145 Å². The van der Waals surface area contributed by atoms with E-state index in [1.165, 1.54) is 20.8 Å². The van der Waals surface area contributed by atoms with Crippen molar-refractivity contribution in [3.8, 4) is 0 Å². The number of carboxylic acids is 3. The molecule has 48 heavy (non-hydrogen) atoms. The molecule has 1 aliphatic rings. The zero-order valence-corrected chi connectivity index (χ0v) is 26.5. The SMILES string of the molecule is CC(NC(=O)C(N)C(C)O)C(=O)NC(CCC(=O)O)C(=O)NC(C)C(=O)N1CCCC1C(=O)NC(CO)C(=O)NC(CC(=O)O)C(=O)O. The Morgan fingerprint density at radius 2 is 1.31 bits per heavy atom. The predicted molar refractivity (Wildman–Crippen MR) is 159 cm³/mol. The van der Waals surface area contributed by atoms with Crippen LogP contribution in [0.1, 0.15) is 52.9 Å². The highest BCUT2D eigenvalue weighted by Crippen LogP contribution is 2.19. The van der Waals surface area contributed by atoms with Crippen molar-refractivity contribution in [2.45, 2.75) is 101 Å². The van der Waals surface area contributed by atoms with Crippen molar-refractivity contribution in [1.29, 1.82) is 0 Å². The van der Waals surface area contributed by atoms with Crippen LogP contribution >= 0.6 is 0 Å². The second kappa shape index (κ2) is 19.1. The third-order valence-electron chi connectivity index (χ3n) is 7.23. The van der Waals surface area contributed by atoms with Crippen molar-refractivity contribution in [3.05, 3.63) is 0 Å². The molecule has 0 saturated carbocycles. The van der Waals surface area contributed by atoms with Crippen molar-refractivity contribution in [1.82, 2.24) is 31.5 Å². The summed E-state index contributed by atoms with van der Waals surface area (Å²) >= 11 is 0. The second-order valence-electron chi connectivity index (χ2n) is 11.2. The molecule has 8 unspecified atom stereocenters. The molecular formula is C27H43N7O14. The third kappa shape index (κ3) is 12.7. The molecule has 0 bridgehead atoms. The van der Waals surface area contributed by atoms with E-state index >= 15 is 0 Å². The fourth-order valence-corrected chi connectivity index (χ4v) is 4.46. The van der Waals surface area contributed by atoms with Gasteiger partial charge in [-0.1, -0.05) is 0 Å². The summed E-state index contributed by atoms with van der Waals surface area (Å²) in [6, 6.07) is -10.2. The van der Waals surface area contributed by atoms with Gasteiger partial charge in [-0.2, -0.15) is 0 Å². The molecule has 0 radical (unpaired) electrons. The van der Waals surface area contributed by atoms with Gasteiger partial charge in [0.25, 0.3) is 0 Å². The van der Waals surface area contributed by atoms with Crippen LogP contribution in [-0.2, 0) is 43.2 Å². The molecule has 0 aliphatic carbocycles. The van der Waals surface area contributed by atoms with Crippen molar-refractivity contribution >= 4 is 53.4 Å². The number of aliphatic hydroxyl groups excluding tert-OH is 2. The summed E-state index contributed by atoms with van der Waals surface area (Å²) in [5.74, 6) is -10.1. The van der Waals surface area contributed by atoms with Crippen LogP contribution in [0.5, 0.6) is 0 Å². The number of carbonyl (C=O) groups is 9. The summed E-state index contributed by atoms with van der Waals surface area (Å²) in [6.45, 7) is 2.82. The molecule has 8 atom stereocenters. The Morgan fingerprint density at radius 1 is 0.750 bits per heavy atom. The number of aliphatic hydroxyl groups is 2. The fraction of sp³-hybridized carbons (Fsp3) is 0.667. The van der Waals surface area contributed by atoms with Gasteiger partial charge in [0.2, 0.25) is 35.4 Å². The van der Waals surface area contributed by atoms with E-state index in [0.29, 0.717) is 6.42 Å². The van der Waals surface area contributed by atoms with Crippen molar-refractivity contribution < 1.29 is 68.7 Å². The number of rotatable bonds is 19. The number of carboxylic acid groups (broad SMARTS) is 3. The zero-order chi connectivity index (χ0) is 36.9. The average Bonchev–Trinajstić information content (AvgIpc) is 3.49. The third-order valence-corrected chi connectivity index (χ3v) is 7.23. The van der Waals surface area contributed by atoms with E-state index in [1.807, 2.05) is 5.32 Å². The summed E-state index contributed by atoms with van der Waals surface area (Å²) in [6.07, 6.45) is -2.75. The van der Waals surface area contributed by atoms with Gasteiger partial charge in [0.15, 0.2) is 0 Å². The van der Waals surface area contributed by atoms with E-state index in [0.717, 1.165) is 4.90 Å². The lowest BCUT2D eigenvalue weighted by molar-refractivity contribution is -0.147. The maximum Gasteiger partial charge on any atom is 0.326 e. The molecule has 270 valence electrons. The molecule has 12 N–H and O–H groups in total. The van der Waals surface area contributed by atoms with Crippen LogP contribution in [0.15, 0.2) is 0 Å². The van der Waals surface area contributed by atoms with Crippen LogP contribution in [0, 0.1) is 0 Å². The summed E-state index contributed by atoms with van der Waals surface area (Å²) in [5.41, 5.74) is 5.54. The predicted octanol–water partition coefficient (Wildman–Crippen LogP) is -5.43. The van der Waals surface area contributed by atoms with Crippen molar-refractivity contribution in [3.63, 3.8) is 0 Å². The maximum atomic E-state index is 13.3. The van der Waals surface area contributed by atoms with Crippen LogP contribution in [0.3, 0.4) is 0 Å². The number of amides is 6. The van der Waals surface area contributed by atoms with E-state index < -0.39 is 128 Å². The highest BCUT2D eigenvalue weighted by atomic mass is 16.4. The number of nitrogens with one attached hydrogen (secondary N) is 5. The normalized spacial score (nSPS) is 18.5. The van der Waals surface area contributed by atoms with Gasteiger partial charge in [-0.3, -0.25) is 38.4 Å².